The standard InChI is InChI=1S/C7H14N4O/c1-12-5-3-2-4-11-9-6-7(8)10-11/h6H,2-5H2,1H3,(H2,8,10). The summed E-state index contributed by atoms with van der Waals surface area (Å²) in [6.45, 7) is 1.59. The number of nitrogens with two attached hydrogens (primary N) is 1. The lowest BCUT2D eigenvalue weighted by molar-refractivity contribution is 0.190. The molecule has 0 amide bonds. The average Bonchev–Trinajstić information content (AvgIpc) is 2.45. The Hall–Kier alpha value is -1.10. The first-order valence-electron chi connectivity index (χ1n) is 3.97. The molecule has 0 bridgehead atoms. The lowest BCUT2D eigenvalue weighted by Crippen LogP contribution is -2.03. The number of unbranched alkanes of at least 4 members (excludes halogenated alkanes) is 1. The molecule has 68 valence electrons. The van der Waals surface area contributed by atoms with Crippen LogP contribution in [0.1, 0.15) is 12.8 Å². The number of hydrogen-bond donors (Lipinski definition) is 1. The summed E-state index contributed by atoms with van der Waals surface area (Å²) in [5.74, 6) is 0.474. The first kappa shape index (κ1) is 8.99. The van der Waals surface area contributed by atoms with Crippen LogP contribution in [0.2, 0.25) is 0 Å². The van der Waals surface area contributed by atoms with Gasteiger partial charge in [0.05, 0.1) is 12.7 Å². The number of hydrogen-bond acceptors (Lipinski definition) is 4. The van der Waals surface area contributed by atoms with Crippen molar-refractivity contribution < 1.29 is 4.74 Å². The van der Waals surface area contributed by atoms with Crippen molar-refractivity contribution in [3.8, 4) is 0 Å². The van der Waals surface area contributed by atoms with Crippen molar-refractivity contribution >= 4 is 5.82 Å². The Balaban J connectivity index is 2.15. The Kier molecular flexibility index (Phi) is 3.53. The van der Waals surface area contributed by atoms with Crippen molar-refractivity contribution in [2.24, 2.45) is 0 Å². The molecule has 1 aromatic heterocycles. The molecule has 1 aromatic rings. The highest BCUT2D eigenvalue weighted by atomic mass is 16.5. The highest BCUT2D eigenvalue weighted by molar-refractivity contribution is 5.19. The maximum atomic E-state index is 5.39. The van der Waals surface area contributed by atoms with E-state index in [9.17, 15) is 0 Å². The molecule has 5 nitrogen and oxygen atoms in total. The van der Waals surface area contributed by atoms with E-state index in [1.165, 1.54) is 0 Å². The Labute approximate surface area is 71.5 Å². The first-order chi connectivity index (χ1) is 5.83. The van der Waals surface area contributed by atoms with Crippen molar-refractivity contribution in [2.45, 2.75) is 19.4 Å². The fraction of sp³-hybridized carbons (Fsp3) is 0.714. The number of aromatic nitrogens is 3. The SMILES string of the molecule is COCCCCn1ncc(N)n1. The van der Waals surface area contributed by atoms with Crippen LogP contribution in [0, 0.1) is 0 Å². The minimum absolute atomic E-state index is 0.474. The van der Waals surface area contributed by atoms with Gasteiger partial charge < -0.3 is 10.5 Å². The normalized spacial score (nSPS) is 10.4. The predicted octanol–water partition coefficient (Wildman–Crippen LogP) is 0.287. The van der Waals surface area contributed by atoms with Gasteiger partial charge in [-0.2, -0.15) is 9.90 Å². The van der Waals surface area contributed by atoms with E-state index in [1.807, 2.05) is 0 Å². The van der Waals surface area contributed by atoms with E-state index in [1.54, 1.807) is 18.1 Å². The van der Waals surface area contributed by atoms with Crippen LogP contribution < -0.4 is 5.73 Å². The Morgan fingerprint density at radius 1 is 1.58 bits per heavy atom. The second kappa shape index (κ2) is 4.71. The molecule has 0 aliphatic carbocycles. The molecule has 0 aromatic carbocycles. The predicted molar refractivity (Wildman–Crippen MR) is 45.5 cm³/mol. The number of aryl methyl sites for hydroxylation is 1. The fourth-order valence-corrected chi connectivity index (χ4v) is 0.918. The summed E-state index contributed by atoms with van der Waals surface area (Å²) in [6.07, 6.45) is 3.59. The highest BCUT2D eigenvalue weighted by Crippen LogP contribution is 1.95. The minimum atomic E-state index is 0.474. The van der Waals surface area contributed by atoms with Crippen LogP contribution in [0.5, 0.6) is 0 Å². The molecule has 12 heavy (non-hydrogen) atoms. The maximum absolute atomic E-state index is 5.39. The molecule has 0 aliphatic rings. The maximum Gasteiger partial charge on any atom is 0.165 e. The lowest BCUT2D eigenvalue weighted by Gasteiger charge is -1.98. The monoisotopic (exact) mass is 170 g/mol. The van der Waals surface area contributed by atoms with Gasteiger partial charge in [0.25, 0.3) is 0 Å². The minimum Gasteiger partial charge on any atom is -0.385 e. The van der Waals surface area contributed by atoms with Gasteiger partial charge in [0, 0.05) is 13.7 Å². The third kappa shape index (κ3) is 2.87. The van der Waals surface area contributed by atoms with Crippen molar-refractivity contribution in [3.05, 3.63) is 6.20 Å². The number of nitrogens with zero attached hydrogens (tertiary/aromatic N) is 3. The van der Waals surface area contributed by atoms with Gasteiger partial charge in [0.2, 0.25) is 0 Å². The molecule has 0 radical (unpaired) electrons. The van der Waals surface area contributed by atoms with E-state index >= 15 is 0 Å². The first-order valence-corrected chi connectivity index (χ1v) is 3.97. The van der Waals surface area contributed by atoms with Gasteiger partial charge in [-0.25, -0.2) is 0 Å². The Morgan fingerprint density at radius 2 is 2.42 bits per heavy atom. The summed E-state index contributed by atoms with van der Waals surface area (Å²) < 4.78 is 4.91. The van der Waals surface area contributed by atoms with Crippen molar-refractivity contribution in [2.75, 3.05) is 19.5 Å². The molecule has 1 rings (SSSR count). The summed E-state index contributed by atoms with van der Waals surface area (Å²) in [5.41, 5.74) is 5.39. The average molecular weight is 170 g/mol. The fourth-order valence-electron chi connectivity index (χ4n) is 0.918. The van der Waals surface area contributed by atoms with Crippen LogP contribution in [0.25, 0.3) is 0 Å². The summed E-state index contributed by atoms with van der Waals surface area (Å²) in [4.78, 5) is 1.60. The molecule has 5 heteroatoms. The van der Waals surface area contributed by atoms with E-state index in [-0.39, 0.29) is 0 Å². The van der Waals surface area contributed by atoms with E-state index in [0.717, 1.165) is 26.0 Å². The molecule has 0 saturated carbocycles. The molecule has 0 spiro atoms. The van der Waals surface area contributed by atoms with Crippen LogP contribution in [-0.2, 0) is 11.3 Å². The molecule has 0 fully saturated rings. The zero-order chi connectivity index (χ0) is 8.81. The second-order valence-electron chi connectivity index (χ2n) is 2.57. The van der Waals surface area contributed by atoms with Crippen molar-refractivity contribution in [3.63, 3.8) is 0 Å². The molecule has 2 N–H and O–H groups in total. The van der Waals surface area contributed by atoms with Gasteiger partial charge in [-0.05, 0) is 12.8 Å². The zero-order valence-electron chi connectivity index (χ0n) is 7.23. The smallest absolute Gasteiger partial charge is 0.165 e. The second-order valence-corrected chi connectivity index (χ2v) is 2.57. The highest BCUT2D eigenvalue weighted by Gasteiger charge is 1.94. The molecule has 0 unspecified atom stereocenters. The molecule has 1 heterocycles. The van der Waals surface area contributed by atoms with Crippen LogP contribution in [-0.4, -0.2) is 28.7 Å². The van der Waals surface area contributed by atoms with Crippen molar-refractivity contribution in [1.82, 2.24) is 15.0 Å². The van der Waals surface area contributed by atoms with E-state index < -0.39 is 0 Å². The van der Waals surface area contributed by atoms with Gasteiger partial charge >= 0.3 is 0 Å². The quantitative estimate of drug-likeness (QED) is 0.645. The van der Waals surface area contributed by atoms with Crippen LogP contribution >= 0.6 is 0 Å². The summed E-state index contributed by atoms with van der Waals surface area (Å²) in [7, 11) is 1.70. The molecule has 0 aliphatic heterocycles. The van der Waals surface area contributed by atoms with E-state index in [4.69, 9.17) is 10.5 Å². The van der Waals surface area contributed by atoms with E-state index in [2.05, 4.69) is 10.2 Å². The van der Waals surface area contributed by atoms with Gasteiger partial charge in [0.15, 0.2) is 5.82 Å². The van der Waals surface area contributed by atoms with Gasteiger partial charge in [-0.1, -0.05) is 0 Å². The van der Waals surface area contributed by atoms with Gasteiger partial charge in [-0.3, -0.25) is 0 Å². The van der Waals surface area contributed by atoms with Crippen LogP contribution in [0.15, 0.2) is 6.20 Å². The summed E-state index contributed by atoms with van der Waals surface area (Å²) in [5, 5.41) is 7.90. The molecular formula is C7H14N4O. The van der Waals surface area contributed by atoms with Gasteiger partial charge in [-0.15, -0.1) is 5.10 Å². The topological polar surface area (TPSA) is 66.0 Å². The van der Waals surface area contributed by atoms with Gasteiger partial charge in [0.1, 0.15) is 0 Å². The third-order valence-corrected chi connectivity index (χ3v) is 1.51. The molecule has 0 saturated heterocycles. The molecular weight excluding hydrogens is 156 g/mol. The lowest BCUT2D eigenvalue weighted by atomic mass is 10.3. The number of anilines is 1. The number of methoxy groups -OCH3 is 1. The largest absolute Gasteiger partial charge is 0.385 e. The van der Waals surface area contributed by atoms with E-state index in [0.29, 0.717) is 5.82 Å². The number of rotatable bonds is 5. The van der Waals surface area contributed by atoms with Crippen molar-refractivity contribution in [1.29, 1.82) is 0 Å². The molecule has 0 atom stereocenters. The van der Waals surface area contributed by atoms with Crippen LogP contribution in [0.3, 0.4) is 0 Å². The Morgan fingerprint density at radius 3 is 3.00 bits per heavy atom. The number of nitrogen functional groups attached to an aromatic ring is 1. The Bertz CT molecular complexity index is 223. The third-order valence-electron chi connectivity index (χ3n) is 1.51. The summed E-state index contributed by atoms with van der Waals surface area (Å²) in [6, 6.07) is 0. The number of ether oxygens (including phenoxy) is 1. The van der Waals surface area contributed by atoms with Crippen LogP contribution in [0.4, 0.5) is 5.82 Å². The summed E-state index contributed by atoms with van der Waals surface area (Å²) >= 11 is 0. The zero-order valence-corrected chi connectivity index (χ0v) is 7.23.